The van der Waals surface area contributed by atoms with Crippen molar-refractivity contribution in [3.8, 4) is 0 Å². The van der Waals surface area contributed by atoms with Gasteiger partial charge in [0.1, 0.15) is 5.84 Å². The number of hydrogen-bond donors (Lipinski definition) is 2. The monoisotopic (exact) mass is 344 g/mol. The third-order valence-corrected chi connectivity index (χ3v) is 5.70. The Morgan fingerprint density at radius 2 is 1.96 bits per heavy atom. The molecule has 2 aliphatic rings. The summed E-state index contributed by atoms with van der Waals surface area (Å²) in [5.74, 6) is 1.78. The molecule has 4 heteroatoms. The highest BCUT2D eigenvalue weighted by atomic mass is 15.3. The highest BCUT2D eigenvalue weighted by Crippen LogP contribution is 2.38. The van der Waals surface area contributed by atoms with E-state index in [-0.39, 0.29) is 5.92 Å². The van der Waals surface area contributed by atoms with Gasteiger partial charge in [0.15, 0.2) is 0 Å². The second-order valence-corrected chi connectivity index (χ2v) is 7.41. The van der Waals surface area contributed by atoms with Crippen LogP contribution in [0.15, 0.2) is 76.6 Å². The fourth-order valence-electron chi connectivity index (χ4n) is 4.32. The molecule has 3 atom stereocenters. The molecule has 4 nitrogen and oxygen atoms in total. The van der Waals surface area contributed by atoms with Crippen LogP contribution in [0, 0.1) is 23.3 Å². The van der Waals surface area contributed by atoms with Crippen molar-refractivity contribution in [2.24, 2.45) is 33.8 Å². The van der Waals surface area contributed by atoms with Crippen LogP contribution in [0.3, 0.4) is 0 Å². The smallest absolute Gasteiger partial charge is 0.131 e. The van der Waals surface area contributed by atoms with Crippen molar-refractivity contribution in [2.45, 2.75) is 25.7 Å². The number of amidine groups is 1. The molecule has 0 amide bonds. The summed E-state index contributed by atoms with van der Waals surface area (Å²) in [6.07, 6.45) is 11.3. The van der Waals surface area contributed by atoms with E-state index in [4.69, 9.17) is 11.3 Å². The first kappa shape index (κ1) is 16.7. The van der Waals surface area contributed by atoms with Crippen LogP contribution in [0.2, 0.25) is 0 Å². The quantitative estimate of drug-likeness (QED) is 0.339. The Kier molecular flexibility index (Phi) is 4.65. The van der Waals surface area contributed by atoms with Gasteiger partial charge in [-0.2, -0.15) is 5.53 Å². The largest absolute Gasteiger partial charge is 0.385 e. The highest BCUT2D eigenvalue weighted by molar-refractivity contribution is 5.84. The molecule has 0 fully saturated rings. The van der Waals surface area contributed by atoms with E-state index in [1.54, 1.807) is 0 Å². The summed E-state index contributed by atoms with van der Waals surface area (Å²) in [5.41, 5.74) is 15.5. The number of benzene rings is 2. The summed E-state index contributed by atoms with van der Waals surface area (Å²) in [6.45, 7) is 0. The Bertz CT molecular complexity index is 909. The zero-order valence-electron chi connectivity index (χ0n) is 14.8. The van der Waals surface area contributed by atoms with Crippen molar-refractivity contribution in [1.29, 1.82) is 5.53 Å². The lowest BCUT2D eigenvalue weighted by atomic mass is 9.73. The summed E-state index contributed by atoms with van der Waals surface area (Å²) in [4.78, 5) is 0. The van der Waals surface area contributed by atoms with Gasteiger partial charge in [-0.3, -0.25) is 0 Å². The Labute approximate surface area is 154 Å². The van der Waals surface area contributed by atoms with E-state index in [1.807, 2.05) is 0 Å². The number of rotatable bonds is 4. The van der Waals surface area contributed by atoms with E-state index in [2.05, 4.69) is 71.0 Å². The second-order valence-electron chi connectivity index (χ2n) is 7.41. The van der Waals surface area contributed by atoms with Gasteiger partial charge >= 0.3 is 0 Å². The fourth-order valence-corrected chi connectivity index (χ4v) is 4.32. The Morgan fingerprint density at radius 3 is 2.81 bits per heavy atom. The first-order valence-electron chi connectivity index (χ1n) is 9.30. The minimum Gasteiger partial charge on any atom is -0.385 e. The molecule has 0 aromatic heterocycles. The summed E-state index contributed by atoms with van der Waals surface area (Å²) >= 11 is 0. The maximum atomic E-state index is 6.84. The van der Waals surface area contributed by atoms with E-state index in [9.17, 15) is 0 Å². The molecule has 0 bridgehead atoms. The SMILES string of the molecule is N=NN=C(N)C1C=C2C=CC(Cc3ccc4ccccc4c3)CC2CC1. The van der Waals surface area contributed by atoms with Gasteiger partial charge in [-0.15, -0.1) is 5.10 Å². The van der Waals surface area contributed by atoms with Gasteiger partial charge in [-0.05, 0) is 59.4 Å². The number of allylic oxidation sites excluding steroid dienone is 3. The first-order chi connectivity index (χ1) is 12.7. The Hall–Kier alpha value is -2.75. The molecule has 0 heterocycles. The van der Waals surface area contributed by atoms with E-state index >= 15 is 0 Å². The number of fused-ring (bicyclic) bond motifs is 2. The predicted molar refractivity (Wildman–Crippen MR) is 106 cm³/mol. The molecule has 0 saturated heterocycles. The van der Waals surface area contributed by atoms with Crippen molar-refractivity contribution in [3.63, 3.8) is 0 Å². The number of nitrogens with two attached hydrogens (primary N) is 1. The van der Waals surface area contributed by atoms with Crippen LogP contribution >= 0.6 is 0 Å². The summed E-state index contributed by atoms with van der Waals surface area (Å²) in [5, 5.41) is 9.38. The molecular weight excluding hydrogens is 320 g/mol. The summed E-state index contributed by atoms with van der Waals surface area (Å²) in [6, 6.07) is 15.4. The van der Waals surface area contributed by atoms with Crippen LogP contribution in [0.1, 0.15) is 24.8 Å². The summed E-state index contributed by atoms with van der Waals surface area (Å²) in [7, 11) is 0. The van der Waals surface area contributed by atoms with Crippen LogP contribution in [0.25, 0.3) is 10.8 Å². The van der Waals surface area contributed by atoms with Gasteiger partial charge in [-0.25, -0.2) is 0 Å². The molecule has 3 unspecified atom stereocenters. The lowest BCUT2D eigenvalue weighted by molar-refractivity contribution is 0.395. The van der Waals surface area contributed by atoms with Crippen molar-refractivity contribution >= 4 is 16.6 Å². The maximum Gasteiger partial charge on any atom is 0.131 e. The molecule has 4 rings (SSSR count). The summed E-state index contributed by atoms with van der Waals surface area (Å²) < 4.78 is 0. The van der Waals surface area contributed by atoms with Gasteiger partial charge in [-0.1, -0.05) is 65.9 Å². The van der Waals surface area contributed by atoms with Crippen molar-refractivity contribution in [2.75, 3.05) is 0 Å². The molecule has 0 saturated carbocycles. The van der Waals surface area contributed by atoms with E-state index < -0.39 is 0 Å². The van der Waals surface area contributed by atoms with Gasteiger partial charge in [0.25, 0.3) is 0 Å². The molecular formula is C22H24N4. The lowest BCUT2D eigenvalue weighted by Crippen LogP contribution is -2.28. The third-order valence-electron chi connectivity index (χ3n) is 5.70. The number of nitrogens with zero attached hydrogens (tertiary/aromatic N) is 2. The standard InChI is InChI=1S/C22H24N4/c23-22(25-26-24)21-10-9-19-13-16(6-8-20(19)14-21)11-15-5-7-17-3-1-2-4-18(17)12-15/h1-8,12,14,16,19,21H,9-11,13H2,(H3,23,24,25). The van der Waals surface area contributed by atoms with Crippen LogP contribution in [-0.4, -0.2) is 5.84 Å². The maximum absolute atomic E-state index is 6.84. The van der Waals surface area contributed by atoms with Crippen molar-refractivity contribution in [1.82, 2.24) is 0 Å². The topological polar surface area (TPSA) is 74.6 Å². The zero-order valence-corrected chi connectivity index (χ0v) is 14.8. The number of hydrogen-bond acceptors (Lipinski definition) is 2. The molecule has 2 aliphatic carbocycles. The van der Waals surface area contributed by atoms with E-state index in [0.29, 0.717) is 17.7 Å². The molecule has 2 aromatic rings. The van der Waals surface area contributed by atoms with Gasteiger partial charge < -0.3 is 5.73 Å². The fraction of sp³-hybridized carbons (Fsp3) is 0.318. The average molecular weight is 344 g/mol. The Morgan fingerprint density at radius 1 is 1.12 bits per heavy atom. The van der Waals surface area contributed by atoms with Crippen molar-refractivity contribution < 1.29 is 0 Å². The van der Waals surface area contributed by atoms with Crippen LogP contribution < -0.4 is 5.73 Å². The van der Waals surface area contributed by atoms with Gasteiger partial charge in [0.05, 0.1) is 0 Å². The average Bonchev–Trinajstić information content (AvgIpc) is 2.67. The molecule has 3 N–H and O–H groups in total. The minimum absolute atomic E-state index is 0.122. The van der Waals surface area contributed by atoms with Crippen LogP contribution in [0.5, 0.6) is 0 Å². The lowest BCUT2D eigenvalue weighted by Gasteiger charge is -2.32. The third kappa shape index (κ3) is 3.45. The van der Waals surface area contributed by atoms with E-state index in [1.165, 1.54) is 28.3 Å². The van der Waals surface area contributed by atoms with Crippen LogP contribution in [-0.2, 0) is 6.42 Å². The Balaban J connectivity index is 1.49. The molecule has 132 valence electrons. The normalized spacial score (nSPS) is 25.6. The van der Waals surface area contributed by atoms with Gasteiger partial charge in [0, 0.05) is 5.92 Å². The molecule has 2 aromatic carbocycles. The molecule has 0 radical (unpaired) electrons. The molecule has 0 aliphatic heterocycles. The second kappa shape index (κ2) is 7.24. The van der Waals surface area contributed by atoms with Crippen LogP contribution in [0.4, 0.5) is 0 Å². The van der Waals surface area contributed by atoms with E-state index in [0.717, 1.165) is 19.3 Å². The molecule has 0 spiro atoms. The predicted octanol–water partition coefficient (Wildman–Crippen LogP) is 5.21. The minimum atomic E-state index is 0.122. The first-order valence-corrected chi connectivity index (χ1v) is 9.30. The zero-order chi connectivity index (χ0) is 17.9. The number of nitrogens with one attached hydrogen (secondary N) is 1. The molecule has 26 heavy (non-hydrogen) atoms. The highest BCUT2D eigenvalue weighted by Gasteiger charge is 2.28. The van der Waals surface area contributed by atoms with Gasteiger partial charge in [0.2, 0.25) is 0 Å². The van der Waals surface area contributed by atoms with Crippen molar-refractivity contribution in [3.05, 3.63) is 71.8 Å².